The smallest absolute Gasteiger partial charge is 0.241 e. The highest BCUT2D eigenvalue weighted by Gasteiger charge is 2.38. The van der Waals surface area contributed by atoms with Gasteiger partial charge in [0.15, 0.2) is 0 Å². The Hall–Kier alpha value is -0.950. The van der Waals surface area contributed by atoms with Crippen LogP contribution in [-0.2, 0) is 9.53 Å². The maximum absolute atomic E-state index is 12.5. The third-order valence-corrected chi connectivity index (χ3v) is 4.80. The number of carbonyl (C=O) groups excluding carboxylic acids is 1. The molecule has 0 radical (unpaired) electrons. The Morgan fingerprint density at radius 1 is 1.48 bits per heavy atom. The molecule has 0 spiro atoms. The number of thiophene rings is 1. The summed E-state index contributed by atoms with van der Waals surface area (Å²) in [5, 5.41) is 5.51. The van der Waals surface area contributed by atoms with Crippen LogP contribution in [0.4, 0.5) is 0 Å². The zero-order valence-electron chi connectivity index (χ0n) is 13.0. The summed E-state index contributed by atoms with van der Waals surface area (Å²) in [5.74, 6) is 0.219. The topological polar surface area (TPSA) is 44.8 Å². The first-order chi connectivity index (χ1) is 10.2. The molecule has 1 aromatic rings. The van der Waals surface area contributed by atoms with Crippen molar-refractivity contribution in [1.29, 1.82) is 0 Å². The molecule has 6 heteroatoms. The summed E-state index contributed by atoms with van der Waals surface area (Å²) in [7, 11) is 3.77. The molecular weight excluding hydrogens is 286 g/mol. The summed E-state index contributed by atoms with van der Waals surface area (Å²) in [4.78, 5) is 17.9. The van der Waals surface area contributed by atoms with Crippen LogP contribution < -0.4 is 5.32 Å². The Bertz CT molecular complexity index is 438. The Labute approximate surface area is 130 Å². The lowest BCUT2D eigenvalue weighted by Gasteiger charge is -2.26. The van der Waals surface area contributed by atoms with Crippen molar-refractivity contribution in [3.63, 3.8) is 0 Å². The number of ether oxygens (including phenoxy) is 1. The lowest BCUT2D eigenvalue weighted by atomic mass is 10.2. The summed E-state index contributed by atoms with van der Waals surface area (Å²) in [6, 6.07) is 4.07. The van der Waals surface area contributed by atoms with E-state index in [9.17, 15) is 4.79 Å². The van der Waals surface area contributed by atoms with Crippen molar-refractivity contribution in [3.05, 3.63) is 22.4 Å². The Kier molecular flexibility index (Phi) is 6.17. The third-order valence-electron chi connectivity index (χ3n) is 3.87. The molecule has 2 unspecified atom stereocenters. The summed E-state index contributed by atoms with van der Waals surface area (Å²) in [6.07, 6.45) is 0.856. The SMILES string of the molecule is CCC1NC(c2cccs2)N(CCN(C)CCOC)C1=O. The Morgan fingerprint density at radius 3 is 2.90 bits per heavy atom. The molecule has 118 valence electrons. The first-order valence-electron chi connectivity index (χ1n) is 7.44. The molecule has 1 fully saturated rings. The quantitative estimate of drug-likeness (QED) is 0.791. The molecule has 1 aliphatic rings. The lowest BCUT2D eigenvalue weighted by Crippen LogP contribution is -2.38. The van der Waals surface area contributed by atoms with E-state index in [1.165, 1.54) is 4.88 Å². The van der Waals surface area contributed by atoms with E-state index in [4.69, 9.17) is 4.74 Å². The van der Waals surface area contributed by atoms with Crippen LogP contribution in [0.5, 0.6) is 0 Å². The fraction of sp³-hybridized carbons (Fsp3) is 0.667. The standard InChI is InChI=1S/C15H25N3O2S/c1-4-12-15(19)18(8-7-17(2)9-10-20-3)14(16-12)13-6-5-11-21-13/h5-6,11-12,14,16H,4,7-10H2,1-3H3. The van der Waals surface area contributed by atoms with Crippen molar-refractivity contribution in [2.75, 3.05) is 40.4 Å². The molecule has 2 rings (SSSR count). The normalized spacial score (nSPS) is 22.5. The molecule has 1 N–H and O–H groups in total. The number of hydrogen-bond donors (Lipinski definition) is 1. The van der Waals surface area contributed by atoms with E-state index in [-0.39, 0.29) is 18.1 Å². The maximum Gasteiger partial charge on any atom is 0.241 e. The van der Waals surface area contributed by atoms with E-state index in [2.05, 4.69) is 35.6 Å². The third kappa shape index (κ3) is 4.03. The molecule has 1 amide bonds. The average Bonchev–Trinajstić information content (AvgIpc) is 3.10. The van der Waals surface area contributed by atoms with Gasteiger partial charge in [-0.3, -0.25) is 10.1 Å². The van der Waals surface area contributed by atoms with Crippen molar-refractivity contribution >= 4 is 17.2 Å². The number of hydrogen-bond acceptors (Lipinski definition) is 5. The minimum absolute atomic E-state index is 0.0262. The van der Waals surface area contributed by atoms with Gasteiger partial charge in [0.05, 0.1) is 12.6 Å². The van der Waals surface area contributed by atoms with Crippen LogP contribution >= 0.6 is 11.3 Å². The van der Waals surface area contributed by atoms with Gasteiger partial charge in [0.2, 0.25) is 5.91 Å². The van der Waals surface area contributed by atoms with E-state index >= 15 is 0 Å². The van der Waals surface area contributed by atoms with E-state index in [1.807, 2.05) is 11.0 Å². The molecule has 1 aromatic heterocycles. The second kappa shape index (κ2) is 7.89. The summed E-state index contributed by atoms with van der Waals surface area (Å²) in [5.41, 5.74) is 0. The summed E-state index contributed by atoms with van der Waals surface area (Å²) >= 11 is 1.70. The lowest BCUT2D eigenvalue weighted by molar-refractivity contribution is -0.130. The summed E-state index contributed by atoms with van der Waals surface area (Å²) < 4.78 is 5.09. The van der Waals surface area contributed by atoms with E-state index in [1.54, 1.807) is 18.4 Å². The number of amides is 1. The maximum atomic E-state index is 12.5. The van der Waals surface area contributed by atoms with Gasteiger partial charge in [-0.05, 0) is 24.9 Å². The van der Waals surface area contributed by atoms with Gasteiger partial charge in [0.25, 0.3) is 0 Å². The number of nitrogens with zero attached hydrogens (tertiary/aromatic N) is 2. The van der Waals surface area contributed by atoms with Crippen molar-refractivity contribution in [3.8, 4) is 0 Å². The van der Waals surface area contributed by atoms with Gasteiger partial charge in [-0.15, -0.1) is 11.3 Å². The molecular formula is C15H25N3O2S. The zero-order chi connectivity index (χ0) is 15.2. The molecule has 2 heterocycles. The highest BCUT2D eigenvalue weighted by atomic mass is 32.1. The highest BCUT2D eigenvalue weighted by molar-refractivity contribution is 7.10. The minimum Gasteiger partial charge on any atom is -0.383 e. The first kappa shape index (κ1) is 16.4. The number of likely N-dealkylation sites (N-methyl/N-ethyl adjacent to an activating group) is 1. The molecule has 1 aliphatic heterocycles. The molecule has 0 aromatic carbocycles. The van der Waals surface area contributed by atoms with Gasteiger partial charge in [0.1, 0.15) is 6.17 Å². The molecule has 0 aliphatic carbocycles. The van der Waals surface area contributed by atoms with Crippen molar-refractivity contribution in [2.45, 2.75) is 25.6 Å². The largest absolute Gasteiger partial charge is 0.383 e. The molecule has 2 atom stereocenters. The Balaban J connectivity index is 1.98. The van der Waals surface area contributed by atoms with Crippen LogP contribution in [0.15, 0.2) is 17.5 Å². The van der Waals surface area contributed by atoms with Gasteiger partial charge >= 0.3 is 0 Å². The van der Waals surface area contributed by atoms with Gasteiger partial charge in [-0.2, -0.15) is 0 Å². The number of carbonyl (C=O) groups is 1. The van der Waals surface area contributed by atoms with Crippen molar-refractivity contribution in [2.24, 2.45) is 0 Å². The van der Waals surface area contributed by atoms with E-state index < -0.39 is 0 Å². The molecule has 21 heavy (non-hydrogen) atoms. The van der Waals surface area contributed by atoms with Crippen LogP contribution in [0, 0.1) is 0 Å². The monoisotopic (exact) mass is 311 g/mol. The van der Waals surface area contributed by atoms with Crippen LogP contribution in [0.3, 0.4) is 0 Å². The van der Waals surface area contributed by atoms with Crippen LogP contribution in [0.25, 0.3) is 0 Å². The predicted octanol–water partition coefficient (Wildman–Crippen LogP) is 1.54. The highest BCUT2D eigenvalue weighted by Crippen LogP contribution is 2.29. The molecule has 0 bridgehead atoms. The van der Waals surface area contributed by atoms with Gasteiger partial charge in [-0.1, -0.05) is 13.0 Å². The zero-order valence-corrected chi connectivity index (χ0v) is 13.9. The van der Waals surface area contributed by atoms with Crippen molar-refractivity contribution in [1.82, 2.24) is 15.1 Å². The second-order valence-electron chi connectivity index (χ2n) is 5.37. The van der Waals surface area contributed by atoms with E-state index in [0.29, 0.717) is 6.61 Å². The van der Waals surface area contributed by atoms with Crippen LogP contribution in [-0.4, -0.2) is 62.1 Å². The van der Waals surface area contributed by atoms with Crippen LogP contribution in [0.2, 0.25) is 0 Å². The first-order valence-corrected chi connectivity index (χ1v) is 8.32. The van der Waals surface area contributed by atoms with Crippen molar-refractivity contribution < 1.29 is 9.53 Å². The molecule has 5 nitrogen and oxygen atoms in total. The van der Waals surface area contributed by atoms with Gasteiger partial charge in [-0.25, -0.2) is 0 Å². The number of nitrogens with one attached hydrogen (secondary N) is 1. The summed E-state index contributed by atoms with van der Waals surface area (Å²) in [6.45, 7) is 5.25. The molecule has 0 saturated carbocycles. The fourth-order valence-electron chi connectivity index (χ4n) is 2.53. The number of methoxy groups -OCH3 is 1. The predicted molar refractivity (Wildman–Crippen MR) is 85.4 cm³/mol. The number of rotatable bonds is 8. The minimum atomic E-state index is -0.0543. The molecule has 1 saturated heterocycles. The van der Waals surface area contributed by atoms with Gasteiger partial charge in [0, 0.05) is 31.6 Å². The van der Waals surface area contributed by atoms with E-state index in [0.717, 1.165) is 26.1 Å². The van der Waals surface area contributed by atoms with Gasteiger partial charge < -0.3 is 14.5 Å². The van der Waals surface area contributed by atoms with Crippen LogP contribution in [0.1, 0.15) is 24.4 Å². The second-order valence-corrected chi connectivity index (χ2v) is 6.35. The Morgan fingerprint density at radius 2 is 2.29 bits per heavy atom. The fourth-order valence-corrected chi connectivity index (χ4v) is 3.33. The average molecular weight is 311 g/mol.